The van der Waals surface area contributed by atoms with Gasteiger partial charge in [-0.05, 0) is 77.8 Å². The third-order valence-corrected chi connectivity index (χ3v) is 8.50. The maximum atomic E-state index is 12.2. The van der Waals surface area contributed by atoms with E-state index in [4.69, 9.17) is 24.5 Å². The van der Waals surface area contributed by atoms with Gasteiger partial charge < -0.3 is 29.7 Å². The summed E-state index contributed by atoms with van der Waals surface area (Å²) in [4.78, 5) is 31.3. The maximum Gasteiger partial charge on any atom is 0.407 e. The standard InChI is InChI=1S/C30H42N8O4/c1-29(2,3)42-28(40)33-19-30(20-39)11-15-36(16-12-30)23-18-32-25-26(34-23)38(24-10-4-5-17-41-24)35-27(25)37-14-7-8-21-22(37)9-6-13-31-21/h6,9,13,18,24,39H,4-5,7-8,10-12,14-17,19-20H2,1-3H3,(H,33,40). The molecule has 3 aliphatic rings. The molecular weight excluding hydrogens is 536 g/mol. The number of hydrogen-bond acceptors (Lipinski definition) is 10. The van der Waals surface area contributed by atoms with Crippen LogP contribution in [0.2, 0.25) is 0 Å². The van der Waals surface area contributed by atoms with Crippen LogP contribution in [0.4, 0.5) is 22.1 Å². The van der Waals surface area contributed by atoms with Crippen LogP contribution in [0, 0.1) is 5.41 Å². The van der Waals surface area contributed by atoms with Crippen molar-refractivity contribution in [2.75, 3.05) is 49.2 Å². The number of aliphatic hydroxyl groups excluding tert-OH is 1. The smallest absolute Gasteiger partial charge is 0.407 e. The molecule has 226 valence electrons. The van der Waals surface area contributed by atoms with E-state index < -0.39 is 17.1 Å². The number of carbonyl (C=O) groups excluding carboxylic acids is 1. The van der Waals surface area contributed by atoms with Gasteiger partial charge in [-0.2, -0.15) is 0 Å². The van der Waals surface area contributed by atoms with E-state index in [9.17, 15) is 9.90 Å². The molecule has 2 saturated heterocycles. The van der Waals surface area contributed by atoms with Gasteiger partial charge in [0.1, 0.15) is 11.4 Å². The monoisotopic (exact) mass is 578 g/mol. The highest BCUT2D eigenvalue weighted by molar-refractivity contribution is 5.88. The Morgan fingerprint density at radius 3 is 2.76 bits per heavy atom. The van der Waals surface area contributed by atoms with Gasteiger partial charge >= 0.3 is 6.09 Å². The number of aromatic nitrogens is 5. The average molecular weight is 579 g/mol. The molecule has 42 heavy (non-hydrogen) atoms. The molecular formula is C30H42N8O4. The van der Waals surface area contributed by atoms with Crippen molar-refractivity contribution in [3.05, 3.63) is 30.2 Å². The van der Waals surface area contributed by atoms with Crippen molar-refractivity contribution >= 4 is 34.6 Å². The fourth-order valence-electron chi connectivity index (χ4n) is 6.12. The fourth-order valence-corrected chi connectivity index (χ4v) is 6.12. The SMILES string of the molecule is CC(C)(C)OC(=O)NCC1(CO)CCN(c2cnc3c(N4CCCc5ncccc54)nn(C4CCCCO4)c3n2)CC1. The number of fused-ring (bicyclic) bond motifs is 2. The summed E-state index contributed by atoms with van der Waals surface area (Å²) in [6.45, 7) is 8.77. The zero-order valence-electron chi connectivity index (χ0n) is 24.9. The lowest BCUT2D eigenvalue weighted by Crippen LogP contribution is -2.49. The van der Waals surface area contributed by atoms with Gasteiger partial charge in [0.05, 0.1) is 24.2 Å². The molecule has 2 fully saturated rings. The van der Waals surface area contributed by atoms with E-state index in [0.717, 1.165) is 72.8 Å². The molecule has 0 bridgehead atoms. The summed E-state index contributed by atoms with van der Waals surface area (Å²) in [5.41, 5.74) is 2.64. The molecule has 12 heteroatoms. The molecule has 0 aliphatic carbocycles. The molecule has 6 heterocycles. The van der Waals surface area contributed by atoms with E-state index in [1.54, 1.807) is 0 Å². The zero-order chi connectivity index (χ0) is 29.3. The number of nitrogens with one attached hydrogen (secondary N) is 1. The van der Waals surface area contributed by atoms with Crippen molar-refractivity contribution < 1.29 is 19.4 Å². The summed E-state index contributed by atoms with van der Waals surface area (Å²) >= 11 is 0. The van der Waals surface area contributed by atoms with E-state index in [0.29, 0.717) is 39.1 Å². The molecule has 1 unspecified atom stereocenters. The van der Waals surface area contributed by atoms with Gasteiger partial charge in [0, 0.05) is 44.4 Å². The summed E-state index contributed by atoms with van der Waals surface area (Å²) in [6.07, 6.45) is 9.39. The first-order chi connectivity index (χ1) is 20.3. The van der Waals surface area contributed by atoms with Crippen molar-refractivity contribution in [1.29, 1.82) is 0 Å². The number of rotatable bonds is 6. The Morgan fingerprint density at radius 2 is 2.02 bits per heavy atom. The summed E-state index contributed by atoms with van der Waals surface area (Å²) in [7, 11) is 0. The summed E-state index contributed by atoms with van der Waals surface area (Å²) in [5.74, 6) is 1.57. The second-order valence-corrected chi connectivity index (χ2v) is 12.7. The molecule has 0 aromatic carbocycles. The summed E-state index contributed by atoms with van der Waals surface area (Å²) in [6, 6.07) is 4.07. The van der Waals surface area contributed by atoms with Crippen molar-refractivity contribution in [2.45, 2.75) is 77.5 Å². The minimum absolute atomic E-state index is 0.0112. The first-order valence-electron chi connectivity index (χ1n) is 15.2. The van der Waals surface area contributed by atoms with E-state index in [2.05, 4.69) is 26.2 Å². The van der Waals surface area contributed by atoms with Crippen LogP contribution in [0.15, 0.2) is 24.5 Å². The number of amides is 1. The van der Waals surface area contributed by atoms with Gasteiger partial charge in [0.25, 0.3) is 0 Å². The average Bonchev–Trinajstić information content (AvgIpc) is 3.38. The number of aliphatic hydroxyl groups is 1. The number of hydrogen-bond donors (Lipinski definition) is 2. The second-order valence-electron chi connectivity index (χ2n) is 12.7. The molecule has 3 aromatic heterocycles. The van der Waals surface area contributed by atoms with Crippen LogP contribution >= 0.6 is 0 Å². The van der Waals surface area contributed by atoms with Crippen LogP contribution in [-0.2, 0) is 15.9 Å². The maximum absolute atomic E-state index is 12.2. The summed E-state index contributed by atoms with van der Waals surface area (Å²) < 4.78 is 13.5. The number of pyridine rings is 1. The summed E-state index contributed by atoms with van der Waals surface area (Å²) in [5, 5.41) is 18.2. The Balaban J connectivity index is 1.25. The highest BCUT2D eigenvalue weighted by Gasteiger charge is 2.36. The largest absolute Gasteiger partial charge is 0.444 e. The lowest BCUT2D eigenvalue weighted by atomic mass is 9.79. The van der Waals surface area contributed by atoms with Gasteiger partial charge in [-0.25, -0.2) is 19.4 Å². The van der Waals surface area contributed by atoms with Gasteiger partial charge in [-0.1, -0.05) is 0 Å². The number of ether oxygens (including phenoxy) is 2. The minimum atomic E-state index is -0.569. The number of anilines is 3. The van der Waals surface area contributed by atoms with E-state index in [1.165, 1.54) is 0 Å². The Labute approximate surface area is 246 Å². The van der Waals surface area contributed by atoms with Crippen molar-refractivity contribution in [1.82, 2.24) is 30.0 Å². The molecule has 0 spiro atoms. The Hall–Kier alpha value is -3.51. The van der Waals surface area contributed by atoms with Crippen LogP contribution in [0.25, 0.3) is 11.2 Å². The molecule has 3 aliphatic heterocycles. The van der Waals surface area contributed by atoms with Crippen molar-refractivity contribution in [3.63, 3.8) is 0 Å². The first kappa shape index (κ1) is 28.6. The number of carbonyl (C=O) groups is 1. The number of alkyl carbamates (subject to hydrolysis) is 1. The third-order valence-electron chi connectivity index (χ3n) is 8.50. The fraction of sp³-hybridized carbons (Fsp3) is 0.633. The van der Waals surface area contributed by atoms with Gasteiger partial charge in [-0.15, -0.1) is 5.10 Å². The van der Waals surface area contributed by atoms with Crippen LogP contribution in [-0.4, -0.2) is 80.9 Å². The molecule has 3 aromatic rings. The highest BCUT2D eigenvalue weighted by atomic mass is 16.6. The molecule has 1 atom stereocenters. The molecule has 12 nitrogen and oxygen atoms in total. The predicted octanol–water partition coefficient (Wildman–Crippen LogP) is 4.11. The van der Waals surface area contributed by atoms with Crippen LogP contribution < -0.4 is 15.1 Å². The first-order valence-corrected chi connectivity index (χ1v) is 15.2. The van der Waals surface area contributed by atoms with Crippen LogP contribution in [0.3, 0.4) is 0 Å². The Morgan fingerprint density at radius 1 is 1.19 bits per heavy atom. The van der Waals surface area contributed by atoms with Crippen LogP contribution in [0.5, 0.6) is 0 Å². The molecule has 0 radical (unpaired) electrons. The Bertz CT molecular complexity index is 1410. The van der Waals surface area contributed by atoms with Crippen LogP contribution in [0.1, 0.15) is 71.2 Å². The topological polar surface area (TPSA) is 131 Å². The lowest BCUT2D eigenvalue weighted by molar-refractivity contribution is -0.0368. The molecule has 6 rings (SSSR count). The highest BCUT2D eigenvalue weighted by Crippen LogP contribution is 2.38. The van der Waals surface area contributed by atoms with Gasteiger partial charge in [-0.3, -0.25) is 4.98 Å². The Kier molecular flexibility index (Phi) is 7.93. The quantitative estimate of drug-likeness (QED) is 0.441. The van der Waals surface area contributed by atoms with Crippen molar-refractivity contribution in [2.24, 2.45) is 5.41 Å². The van der Waals surface area contributed by atoms with E-state index in [-0.39, 0.29) is 12.8 Å². The third kappa shape index (κ3) is 5.87. The van der Waals surface area contributed by atoms with E-state index in [1.807, 2.05) is 43.9 Å². The van der Waals surface area contributed by atoms with Gasteiger partial charge in [0.2, 0.25) is 0 Å². The second kappa shape index (κ2) is 11.6. The molecule has 1 amide bonds. The number of nitrogens with zero attached hydrogens (tertiary/aromatic N) is 7. The predicted molar refractivity (Wildman–Crippen MR) is 159 cm³/mol. The normalized spacial score (nSPS) is 20.8. The lowest BCUT2D eigenvalue weighted by Gasteiger charge is -2.41. The minimum Gasteiger partial charge on any atom is -0.444 e. The van der Waals surface area contributed by atoms with Crippen molar-refractivity contribution in [3.8, 4) is 0 Å². The van der Waals surface area contributed by atoms with Gasteiger partial charge in [0.15, 0.2) is 23.2 Å². The zero-order valence-corrected chi connectivity index (χ0v) is 24.9. The molecule has 0 saturated carbocycles. The number of piperidine rings is 1. The van der Waals surface area contributed by atoms with E-state index >= 15 is 0 Å². The number of aryl methyl sites for hydroxylation is 1. The molecule has 2 N–H and O–H groups in total.